The van der Waals surface area contributed by atoms with Gasteiger partial charge in [-0.25, -0.2) is 4.79 Å². The Labute approximate surface area is 109 Å². The molecule has 1 aromatic carbocycles. The first-order valence-corrected chi connectivity index (χ1v) is 5.65. The standard InChI is InChI=1S/C13H14N2O4/c1-6-5-9(19-3)7(2)4-8(6)11-10(13(17)18)12(16)15-14-11/h4-5H,1-3H3,(H,17,18)(H2,14,15,16). The fraction of sp³-hybridized carbons (Fsp3) is 0.231. The van der Waals surface area contributed by atoms with Crippen LogP contribution in [0.3, 0.4) is 0 Å². The molecule has 3 N–H and O–H groups in total. The van der Waals surface area contributed by atoms with Crippen LogP contribution in [0.15, 0.2) is 16.9 Å². The Bertz CT molecular complexity index is 697. The summed E-state index contributed by atoms with van der Waals surface area (Å²) in [5.74, 6) is -0.540. The van der Waals surface area contributed by atoms with E-state index in [1.807, 2.05) is 19.9 Å². The van der Waals surface area contributed by atoms with Crippen molar-refractivity contribution in [3.8, 4) is 17.0 Å². The van der Waals surface area contributed by atoms with E-state index in [9.17, 15) is 9.59 Å². The van der Waals surface area contributed by atoms with Crippen molar-refractivity contribution in [3.05, 3.63) is 39.2 Å². The molecule has 0 unspecified atom stereocenters. The number of hydrogen-bond donors (Lipinski definition) is 3. The number of aromatic nitrogens is 2. The molecule has 1 aromatic heterocycles. The summed E-state index contributed by atoms with van der Waals surface area (Å²) in [4.78, 5) is 22.6. The molecule has 0 atom stereocenters. The minimum Gasteiger partial charge on any atom is -0.496 e. The number of carboxylic acids is 1. The van der Waals surface area contributed by atoms with E-state index in [2.05, 4.69) is 10.2 Å². The molecule has 2 aromatic rings. The number of ether oxygens (including phenoxy) is 1. The summed E-state index contributed by atoms with van der Waals surface area (Å²) in [5, 5.41) is 14.0. The molecule has 0 amide bonds. The van der Waals surface area contributed by atoms with Crippen molar-refractivity contribution in [1.29, 1.82) is 0 Å². The summed E-state index contributed by atoms with van der Waals surface area (Å²) < 4.78 is 5.20. The van der Waals surface area contributed by atoms with Gasteiger partial charge < -0.3 is 9.84 Å². The largest absolute Gasteiger partial charge is 0.496 e. The number of methoxy groups -OCH3 is 1. The lowest BCUT2D eigenvalue weighted by Gasteiger charge is -2.10. The Morgan fingerprint density at radius 1 is 1.21 bits per heavy atom. The lowest BCUT2D eigenvalue weighted by Crippen LogP contribution is -2.12. The van der Waals surface area contributed by atoms with E-state index in [1.165, 1.54) is 0 Å². The number of carbonyl (C=O) groups is 1. The molecule has 6 nitrogen and oxygen atoms in total. The zero-order valence-electron chi connectivity index (χ0n) is 10.8. The number of rotatable bonds is 3. The summed E-state index contributed by atoms with van der Waals surface area (Å²) in [6.45, 7) is 3.68. The molecule has 0 aliphatic heterocycles. The lowest BCUT2D eigenvalue weighted by atomic mass is 9.99. The van der Waals surface area contributed by atoms with Gasteiger partial charge in [-0.15, -0.1) is 0 Å². The molecule has 0 saturated heterocycles. The van der Waals surface area contributed by atoms with Crippen LogP contribution in [0.2, 0.25) is 0 Å². The maximum absolute atomic E-state index is 11.5. The molecule has 0 fully saturated rings. The third-order valence-electron chi connectivity index (χ3n) is 3.00. The Morgan fingerprint density at radius 3 is 2.47 bits per heavy atom. The maximum atomic E-state index is 11.5. The van der Waals surface area contributed by atoms with E-state index in [0.717, 1.165) is 16.9 Å². The first-order chi connectivity index (χ1) is 8.95. The van der Waals surface area contributed by atoms with Gasteiger partial charge in [0, 0.05) is 5.56 Å². The van der Waals surface area contributed by atoms with Crippen LogP contribution in [0.1, 0.15) is 21.5 Å². The molecule has 0 aliphatic carbocycles. The molecule has 1 heterocycles. The molecule has 2 rings (SSSR count). The van der Waals surface area contributed by atoms with Crippen molar-refractivity contribution in [2.45, 2.75) is 13.8 Å². The second kappa shape index (κ2) is 4.64. The topological polar surface area (TPSA) is 95.2 Å². The van der Waals surface area contributed by atoms with Gasteiger partial charge in [0.05, 0.1) is 12.8 Å². The van der Waals surface area contributed by atoms with Crippen LogP contribution in [0.5, 0.6) is 5.75 Å². The molecule has 0 saturated carbocycles. The highest BCUT2D eigenvalue weighted by molar-refractivity contribution is 5.95. The van der Waals surface area contributed by atoms with Crippen LogP contribution in [0.25, 0.3) is 11.3 Å². The molecule has 0 bridgehead atoms. The molecule has 6 heteroatoms. The number of carboxylic acid groups (broad SMARTS) is 1. The first-order valence-electron chi connectivity index (χ1n) is 5.65. The van der Waals surface area contributed by atoms with Gasteiger partial charge in [0.2, 0.25) is 0 Å². The van der Waals surface area contributed by atoms with Gasteiger partial charge in [-0.05, 0) is 37.1 Å². The normalized spacial score (nSPS) is 10.5. The van der Waals surface area contributed by atoms with E-state index in [4.69, 9.17) is 9.84 Å². The zero-order chi connectivity index (χ0) is 14.2. The maximum Gasteiger partial charge on any atom is 0.343 e. The Balaban J connectivity index is 2.70. The minimum absolute atomic E-state index is 0.278. The number of aromatic carboxylic acids is 1. The van der Waals surface area contributed by atoms with Crippen molar-refractivity contribution >= 4 is 5.97 Å². The highest BCUT2D eigenvalue weighted by atomic mass is 16.5. The molecule has 100 valence electrons. The molecule has 19 heavy (non-hydrogen) atoms. The van der Waals surface area contributed by atoms with Crippen LogP contribution in [0, 0.1) is 13.8 Å². The quantitative estimate of drug-likeness (QED) is 0.784. The van der Waals surface area contributed by atoms with Gasteiger partial charge >= 0.3 is 5.97 Å². The highest BCUT2D eigenvalue weighted by Gasteiger charge is 2.20. The Hall–Kier alpha value is -2.50. The summed E-state index contributed by atoms with van der Waals surface area (Å²) in [5.41, 5.74) is 1.69. The van der Waals surface area contributed by atoms with E-state index in [0.29, 0.717) is 5.56 Å². The summed E-state index contributed by atoms with van der Waals surface area (Å²) in [6, 6.07) is 3.60. The van der Waals surface area contributed by atoms with E-state index in [1.54, 1.807) is 13.2 Å². The number of hydrogen-bond acceptors (Lipinski definition) is 3. The van der Waals surface area contributed by atoms with E-state index in [-0.39, 0.29) is 11.3 Å². The van der Waals surface area contributed by atoms with E-state index < -0.39 is 11.5 Å². The molecular formula is C13H14N2O4. The summed E-state index contributed by atoms with van der Waals surface area (Å²) in [6.07, 6.45) is 0. The van der Waals surface area contributed by atoms with Crippen molar-refractivity contribution in [1.82, 2.24) is 10.2 Å². The Kier molecular flexibility index (Phi) is 3.16. The number of benzene rings is 1. The minimum atomic E-state index is -1.26. The van der Waals surface area contributed by atoms with Gasteiger partial charge in [-0.1, -0.05) is 0 Å². The fourth-order valence-electron chi connectivity index (χ4n) is 2.04. The van der Waals surface area contributed by atoms with Crippen molar-refractivity contribution < 1.29 is 14.6 Å². The van der Waals surface area contributed by atoms with Gasteiger partial charge in [-0.2, -0.15) is 0 Å². The van der Waals surface area contributed by atoms with Gasteiger partial charge in [0.25, 0.3) is 5.56 Å². The molecular weight excluding hydrogens is 248 g/mol. The molecule has 0 aliphatic rings. The SMILES string of the molecule is COc1cc(C)c(-c2[nH][nH]c(=O)c2C(=O)O)cc1C. The predicted octanol–water partition coefficient (Wildman–Crippen LogP) is 1.69. The average molecular weight is 262 g/mol. The van der Waals surface area contributed by atoms with Crippen LogP contribution < -0.4 is 10.3 Å². The number of aryl methyl sites for hydroxylation is 2. The highest BCUT2D eigenvalue weighted by Crippen LogP contribution is 2.29. The van der Waals surface area contributed by atoms with Crippen LogP contribution >= 0.6 is 0 Å². The first kappa shape index (κ1) is 12.9. The van der Waals surface area contributed by atoms with Gasteiger partial charge in [-0.3, -0.25) is 15.0 Å². The second-order valence-electron chi connectivity index (χ2n) is 4.27. The average Bonchev–Trinajstić information content (AvgIpc) is 2.73. The van der Waals surface area contributed by atoms with Crippen molar-refractivity contribution in [3.63, 3.8) is 0 Å². The number of H-pyrrole nitrogens is 2. The van der Waals surface area contributed by atoms with Gasteiger partial charge in [0.15, 0.2) is 5.56 Å². The number of aromatic amines is 2. The van der Waals surface area contributed by atoms with Crippen LogP contribution in [0.4, 0.5) is 0 Å². The fourth-order valence-corrected chi connectivity index (χ4v) is 2.04. The third kappa shape index (κ3) is 2.12. The Morgan fingerprint density at radius 2 is 1.89 bits per heavy atom. The van der Waals surface area contributed by atoms with Crippen LogP contribution in [-0.4, -0.2) is 28.4 Å². The van der Waals surface area contributed by atoms with Gasteiger partial charge in [0.1, 0.15) is 5.75 Å². The lowest BCUT2D eigenvalue weighted by molar-refractivity contribution is 0.0696. The van der Waals surface area contributed by atoms with Crippen LogP contribution in [-0.2, 0) is 0 Å². The second-order valence-corrected chi connectivity index (χ2v) is 4.27. The summed E-state index contributed by atoms with van der Waals surface area (Å²) in [7, 11) is 1.57. The van der Waals surface area contributed by atoms with E-state index >= 15 is 0 Å². The zero-order valence-corrected chi connectivity index (χ0v) is 10.8. The molecule has 0 radical (unpaired) electrons. The predicted molar refractivity (Wildman–Crippen MR) is 69.8 cm³/mol. The molecule has 0 spiro atoms. The van der Waals surface area contributed by atoms with Crippen molar-refractivity contribution in [2.75, 3.05) is 7.11 Å². The summed E-state index contributed by atoms with van der Waals surface area (Å²) >= 11 is 0. The smallest absolute Gasteiger partial charge is 0.343 e. The third-order valence-corrected chi connectivity index (χ3v) is 3.00. The monoisotopic (exact) mass is 262 g/mol. The number of nitrogens with one attached hydrogen (secondary N) is 2. The van der Waals surface area contributed by atoms with Crippen molar-refractivity contribution in [2.24, 2.45) is 0 Å².